The lowest BCUT2D eigenvalue weighted by molar-refractivity contribution is 0.101. The van der Waals surface area contributed by atoms with Crippen molar-refractivity contribution in [3.8, 4) is 0 Å². The van der Waals surface area contributed by atoms with Gasteiger partial charge in [0.1, 0.15) is 5.15 Å². The van der Waals surface area contributed by atoms with Gasteiger partial charge in [0, 0.05) is 10.9 Å². The van der Waals surface area contributed by atoms with Crippen LogP contribution in [0.25, 0.3) is 10.9 Å². The third kappa shape index (κ3) is 1.91. The second-order valence-corrected chi connectivity index (χ2v) is 4.49. The molecule has 2 nitrogen and oxygen atoms in total. The molecule has 0 aliphatic rings. The van der Waals surface area contributed by atoms with E-state index in [0.717, 1.165) is 10.9 Å². The van der Waals surface area contributed by atoms with Gasteiger partial charge in [-0.3, -0.25) is 4.79 Å². The number of ketones is 1. The van der Waals surface area contributed by atoms with Gasteiger partial charge in [-0.25, -0.2) is 4.98 Å². The molecule has 0 N–H and O–H groups in total. The average molecular weight is 254 g/mol. The number of carbonyl (C=O) groups is 1. The minimum absolute atomic E-state index is 0.0421. The Morgan fingerprint density at radius 2 is 1.94 bits per heavy atom. The monoisotopic (exact) mass is 253 g/mol. The molecule has 0 amide bonds. The molecule has 0 atom stereocenters. The molecule has 0 saturated heterocycles. The zero-order chi connectivity index (χ0) is 11.9. The third-order valence-corrected chi connectivity index (χ3v) is 2.86. The molecule has 2 rings (SSSR count). The highest BCUT2D eigenvalue weighted by atomic mass is 35.5. The highest BCUT2D eigenvalue weighted by Crippen LogP contribution is 2.28. The summed E-state index contributed by atoms with van der Waals surface area (Å²) >= 11 is 11.9. The summed E-state index contributed by atoms with van der Waals surface area (Å²) in [5.41, 5.74) is 2.10. The Morgan fingerprint density at radius 3 is 2.56 bits per heavy atom. The SMILES string of the molecule is CC(=O)c1cc(C)cc2c(Cl)cc(Cl)nc12. The normalized spacial score (nSPS) is 10.8. The predicted molar refractivity (Wildman–Crippen MR) is 66.5 cm³/mol. The van der Waals surface area contributed by atoms with Crippen LogP contribution in [0, 0.1) is 6.92 Å². The summed E-state index contributed by atoms with van der Waals surface area (Å²) in [6.07, 6.45) is 0. The molecule has 16 heavy (non-hydrogen) atoms. The van der Waals surface area contributed by atoms with Gasteiger partial charge in [0.25, 0.3) is 0 Å². The van der Waals surface area contributed by atoms with E-state index in [9.17, 15) is 4.79 Å². The van der Waals surface area contributed by atoms with Gasteiger partial charge in [-0.1, -0.05) is 23.2 Å². The maximum atomic E-state index is 11.5. The molecule has 1 heterocycles. The van der Waals surface area contributed by atoms with Gasteiger partial charge in [0.2, 0.25) is 0 Å². The van der Waals surface area contributed by atoms with E-state index < -0.39 is 0 Å². The molecule has 1 aromatic heterocycles. The Morgan fingerprint density at radius 1 is 1.25 bits per heavy atom. The number of hydrogen-bond acceptors (Lipinski definition) is 2. The molecule has 0 radical (unpaired) electrons. The van der Waals surface area contributed by atoms with Crippen molar-refractivity contribution in [1.82, 2.24) is 4.98 Å². The Bertz CT molecular complexity index is 593. The van der Waals surface area contributed by atoms with Gasteiger partial charge in [-0.05, 0) is 37.6 Å². The van der Waals surface area contributed by atoms with Crippen LogP contribution in [0.15, 0.2) is 18.2 Å². The number of carbonyl (C=O) groups excluding carboxylic acids is 1. The minimum Gasteiger partial charge on any atom is -0.294 e. The van der Waals surface area contributed by atoms with Crippen molar-refractivity contribution in [3.63, 3.8) is 0 Å². The summed E-state index contributed by atoms with van der Waals surface area (Å²) in [7, 11) is 0. The summed E-state index contributed by atoms with van der Waals surface area (Å²) in [5.74, 6) is -0.0421. The molecule has 0 aliphatic heterocycles. The number of benzene rings is 1. The van der Waals surface area contributed by atoms with Crippen molar-refractivity contribution in [2.75, 3.05) is 0 Å². The zero-order valence-electron chi connectivity index (χ0n) is 8.84. The van der Waals surface area contributed by atoms with E-state index in [1.165, 1.54) is 6.92 Å². The van der Waals surface area contributed by atoms with Gasteiger partial charge in [0.05, 0.1) is 10.5 Å². The van der Waals surface area contributed by atoms with Crippen LogP contribution in [-0.4, -0.2) is 10.8 Å². The quantitative estimate of drug-likeness (QED) is 0.567. The van der Waals surface area contributed by atoms with Gasteiger partial charge in [-0.2, -0.15) is 0 Å². The zero-order valence-corrected chi connectivity index (χ0v) is 10.4. The van der Waals surface area contributed by atoms with Crippen molar-refractivity contribution >= 4 is 39.9 Å². The standard InChI is InChI=1S/C12H9Cl2NO/c1-6-3-8(7(2)16)12-9(4-6)10(13)5-11(14)15-12/h3-5H,1-2H3. The minimum atomic E-state index is -0.0421. The van der Waals surface area contributed by atoms with Crippen molar-refractivity contribution < 1.29 is 4.79 Å². The van der Waals surface area contributed by atoms with Crippen molar-refractivity contribution in [1.29, 1.82) is 0 Å². The second-order valence-electron chi connectivity index (χ2n) is 3.69. The van der Waals surface area contributed by atoms with Crippen molar-refractivity contribution in [2.45, 2.75) is 13.8 Å². The molecule has 4 heteroatoms. The lowest BCUT2D eigenvalue weighted by Crippen LogP contribution is -1.97. The van der Waals surface area contributed by atoms with Crippen LogP contribution in [0.4, 0.5) is 0 Å². The first-order chi connectivity index (χ1) is 7.49. The molecule has 2 aromatic rings. The third-order valence-electron chi connectivity index (χ3n) is 2.36. The molecule has 0 fully saturated rings. The van der Waals surface area contributed by atoms with E-state index in [0.29, 0.717) is 21.3 Å². The van der Waals surface area contributed by atoms with Crippen molar-refractivity contribution in [2.24, 2.45) is 0 Å². The highest BCUT2D eigenvalue weighted by Gasteiger charge is 2.11. The lowest BCUT2D eigenvalue weighted by Gasteiger charge is -2.06. The summed E-state index contributed by atoms with van der Waals surface area (Å²) in [5, 5.41) is 1.57. The molecular formula is C12H9Cl2NO. The fourth-order valence-electron chi connectivity index (χ4n) is 1.67. The van der Waals surface area contributed by atoms with E-state index in [2.05, 4.69) is 4.98 Å². The molecular weight excluding hydrogens is 245 g/mol. The highest BCUT2D eigenvalue weighted by molar-refractivity contribution is 6.38. The summed E-state index contributed by atoms with van der Waals surface area (Å²) < 4.78 is 0. The Labute approximate surface area is 103 Å². The number of nitrogens with zero attached hydrogens (tertiary/aromatic N) is 1. The Kier molecular flexibility index (Phi) is 2.87. The average Bonchev–Trinajstić information content (AvgIpc) is 2.18. The van der Waals surface area contributed by atoms with Crippen LogP contribution in [0.2, 0.25) is 10.2 Å². The first-order valence-electron chi connectivity index (χ1n) is 4.76. The van der Waals surface area contributed by atoms with Crippen LogP contribution in [0.1, 0.15) is 22.8 Å². The lowest BCUT2D eigenvalue weighted by atomic mass is 10.0. The molecule has 0 unspecified atom stereocenters. The van der Waals surface area contributed by atoms with Gasteiger partial charge in [-0.15, -0.1) is 0 Å². The van der Waals surface area contributed by atoms with Crippen LogP contribution >= 0.6 is 23.2 Å². The van der Waals surface area contributed by atoms with E-state index in [1.54, 1.807) is 12.1 Å². The summed E-state index contributed by atoms with van der Waals surface area (Å²) in [4.78, 5) is 15.7. The number of aryl methyl sites for hydroxylation is 1. The topological polar surface area (TPSA) is 30.0 Å². The van der Waals surface area contributed by atoms with E-state index in [-0.39, 0.29) is 5.78 Å². The van der Waals surface area contributed by atoms with Crippen molar-refractivity contribution in [3.05, 3.63) is 39.5 Å². The van der Waals surface area contributed by atoms with Crippen LogP contribution < -0.4 is 0 Å². The molecule has 0 spiro atoms. The molecule has 82 valence electrons. The first-order valence-corrected chi connectivity index (χ1v) is 5.52. The Hall–Kier alpha value is -1.12. The number of fused-ring (bicyclic) bond motifs is 1. The van der Waals surface area contributed by atoms with Gasteiger partial charge in [0.15, 0.2) is 5.78 Å². The van der Waals surface area contributed by atoms with Gasteiger partial charge < -0.3 is 0 Å². The van der Waals surface area contributed by atoms with E-state index in [1.807, 2.05) is 13.0 Å². The molecule has 0 saturated carbocycles. The summed E-state index contributed by atoms with van der Waals surface area (Å²) in [6, 6.07) is 5.27. The first kappa shape index (κ1) is 11.4. The number of hydrogen-bond donors (Lipinski definition) is 0. The Balaban J connectivity index is 2.95. The van der Waals surface area contributed by atoms with Crippen LogP contribution in [-0.2, 0) is 0 Å². The molecule has 0 bridgehead atoms. The summed E-state index contributed by atoms with van der Waals surface area (Å²) in [6.45, 7) is 3.42. The maximum absolute atomic E-state index is 11.5. The number of halogens is 2. The smallest absolute Gasteiger partial charge is 0.162 e. The fourth-order valence-corrected chi connectivity index (χ4v) is 2.17. The number of rotatable bonds is 1. The van der Waals surface area contributed by atoms with E-state index in [4.69, 9.17) is 23.2 Å². The molecule has 0 aliphatic carbocycles. The number of Topliss-reactive ketones (excluding diaryl/α,β-unsaturated/α-hetero) is 1. The fraction of sp³-hybridized carbons (Fsp3) is 0.167. The maximum Gasteiger partial charge on any atom is 0.162 e. The second kappa shape index (κ2) is 4.04. The number of aromatic nitrogens is 1. The number of pyridine rings is 1. The van der Waals surface area contributed by atoms with Crippen LogP contribution in [0.3, 0.4) is 0 Å². The largest absolute Gasteiger partial charge is 0.294 e. The van der Waals surface area contributed by atoms with E-state index >= 15 is 0 Å². The molecule has 1 aromatic carbocycles. The predicted octanol–water partition coefficient (Wildman–Crippen LogP) is 4.05. The van der Waals surface area contributed by atoms with Gasteiger partial charge >= 0.3 is 0 Å². The van der Waals surface area contributed by atoms with Crippen LogP contribution in [0.5, 0.6) is 0 Å².